The number of carbonyl (C=O) groups is 2. The molecule has 0 fully saturated rings. The minimum absolute atomic E-state index is 0.0127. The third-order valence-electron chi connectivity index (χ3n) is 14.1. The Bertz CT molecular complexity index is 1120. The number of unbranched alkanes of at least 4 members (excludes halogenated alkanes) is 42. The Balaban J connectivity index is 3.50. The smallest absolute Gasteiger partial charge is 0.305 e. The van der Waals surface area contributed by atoms with Crippen LogP contribution >= 0.6 is 0 Å². The number of ether oxygens (including phenoxy) is 1. The highest BCUT2D eigenvalue weighted by Crippen LogP contribution is 2.17. The summed E-state index contributed by atoms with van der Waals surface area (Å²) in [5.41, 5.74) is 0. The van der Waals surface area contributed by atoms with E-state index in [1.807, 2.05) is 6.08 Å². The SMILES string of the molecule is CCCCC/C=C\CCCCCCCC(=O)OCCCCCCCC/C=C\CCCCCCCCCC(=O)NC(CO)C(O)/C=C/CCCCCCCCCCCCCCCCCCCCCCC. The number of rotatable bonds is 57. The Morgan fingerprint density at radius 1 is 0.391 bits per heavy atom. The number of hydrogen-bond acceptors (Lipinski definition) is 5. The zero-order valence-corrected chi connectivity index (χ0v) is 46.3. The van der Waals surface area contributed by atoms with E-state index in [9.17, 15) is 19.8 Å². The summed E-state index contributed by atoms with van der Waals surface area (Å²) >= 11 is 0. The van der Waals surface area contributed by atoms with Crippen LogP contribution in [0.5, 0.6) is 0 Å². The average molecular weight is 971 g/mol. The molecule has 0 radical (unpaired) electrons. The molecule has 6 nitrogen and oxygen atoms in total. The zero-order chi connectivity index (χ0) is 50.0. The second kappa shape index (κ2) is 58.6. The third-order valence-corrected chi connectivity index (χ3v) is 14.1. The third kappa shape index (κ3) is 55.2. The molecule has 0 saturated heterocycles. The number of allylic oxidation sites excluding steroid dienone is 5. The van der Waals surface area contributed by atoms with Crippen LogP contribution in [0.1, 0.15) is 328 Å². The molecule has 1 amide bonds. The van der Waals surface area contributed by atoms with Crippen molar-refractivity contribution in [3.63, 3.8) is 0 Å². The maximum atomic E-state index is 12.5. The van der Waals surface area contributed by atoms with Crippen LogP contribution in [-0.4, -0.2) is 47.4 Å². The molecule has 0 saturated carbocycles. The zero-order valence-electron chi connectivity index (χ0n) is 46.3. The van der Waals surface area contributed by atoms with Crippen LogP contribution in [0.25, 0.3) is 0 Å². The van der Waals surface area contributed by atoms with Crippen molar-refractivity contribution >= 4 is 11.9 Å². The maximum absolute atomic E-state index is 12.5. The molecular weight excluding hydrogens is 851 g/mol. The normalized spacial score (nSPS) is 12.8. The number of carbonyl (C=O) groups excluding carboxylic acids is 2. The van der Waals surface area contributed by atoms with E-state index in [2.05, 4.69) is 43.5 Å². The molecule has 406 valence electrons. The largest absolute Gasteiger partial charge is 0.466 e. The lowest BCUT2D eigenvalue weighted by atomic mass is 10.0. The van der Waals surface area contributed by atoms with Crippen LogP contribution in [0.15, 0.2) is 36.5 Å². The molecule has 2 atom stereocenters. The molecule has 0 aromatic rings. The summed E-state index contributed by atoms with van der Waals surface area (Å²) in [4.78, 5) is 24.5. The van der Waals surface area contributed by atoms with Crippen molar-refractivity contribution in [2.24, 2.45) is 0 Å². The first-order chi connectivity index (χ1) is 34.0. The number of amides is 1. The molecule has 0 aromatic carbocycles. The van der Waals surface area contributed by atoms with E-state index >= 15 is 0 Å². The molecule has 3 N–H and O–H groups in total. The van der Waals surface area contributed by atoms with E-state index < -0.39 is 12.1 Å². The molecule has 2 unspecified atom stereocenters. The van der Waals surface area contributed by atoms with E-state index in [-0.39, 0.29) is 18.5 Å². The van der Waals surface area contributed by atoms with Crippen LogP contribution in [-0.2, 0) is 14.3 Å². The topological polar surface area (TPSA) is 95.9 Å². The number of aliphatic hydroxyl groups excluding tert-OH is 2. The fourth-order valence-electron chi connectivity index (χ4n) is 9.39. The molecule has 0 aliphatic heterocycles. The summed E-state index contributed by atoms with van der Waals surface area (Å²) in [6.07, 6.45) is 73.2. The Labute approximate surface area is 430 Å². The van der Waals surface area contributed by atoms with E-state index in [4.69, 9.17) is 4.74 Å². The molecule has 0 aromatic heterocycles. The number of aliphatic hydroxyl groups is 2. The molecular formula is C63H119NO5. The summed E-state index contributed by atoms with van der Waals surface area (Å²) in [6.45, 7) is 4.87. The van der Waals surface area contributed by atoms with Gasteiger partial charge in [-0.05, 0) is 83.5 Å². The van der Waals surface area contributed by atoms with Crippen molar-refractivity contribution in [3.05, 3.63) is 36.5 Å². The fraction of sp³-hybridized carbons (Fsp3) is 0.873. The lowest BCUT2D eigenvalue weighted by Gasteiger charge is -2.20. The van der Waals surface area contributed by atoms with Crippen molar-refractivity contribution in [3.8, 4) is 0 Å². The average Bonchev–Trinajstić information content (AvgIpc) is 3.35. The minimum atomic E-state index is -0.854. The number of nitrogens with one attached hydrogen (secondary N) is 1. The number of esters is 1. The Hall–Kier alpha value is -1.92. The van der Waals surface area contributed by atoms with Crippen LogP contribution in [0.4, 0.5) is 0 Å². The molecule has 69 heavy (non-hydrogen) atoms. The monoisotopic (exact) mass is 970 g/mol. The van der Waals surface area contributed by atoms with Crippen molar-refractivity contribution in [1.29, 1.82) is 0 Å². The van der Waals surface area contributed by atoms with Gasteiger partial charge in [0.1, 0.15) is 0 Å². The highest BCUT2D eigenvalue weighted by molar-refractivity contribution is 5.76. The van der Waals surface area contributed by atoms with Crippen LogP contribution < -0.4 is 5.32 Å². The molecule has 0 spiro atoms. The second-order valence-electron chi connectivity index (χ2n) is 21.0. The van der Waals surface area contributed by atoms with Gasteiger partial charge in [0.2, 0.25) is 5.91 Å². The van der Waals surface area contributed by atoms with Gasteiger partial charge in [-0.1, -0.05) is 269 Å². The van der Waals surface area contributed by atoms with Gasteiger partial charge in [0.15, 0.2) is 0 Å². The minimum Gasteiger partial charge on any atom is -0.466 e. The van der Waals surface area contributed by atoms with E-state index in [0.29, 0.717) is 19.4 Å². The highest BCUT2D eigenvalue weighted by atomic mass is 16.5. The van der Waals surface area contributed by atoms with Crippen molar-refractivity contribution < 1.29 is 24.5 Å². The molecule has 0 heterocycles. The second-order valence-corrected chi connectivity index (χ2v) is 21.0. The number of hydrogen-bond donors (Lipinski definition) is 3. The predicted molar refractivity (Wildman–Crippen MR) is 301 cm³/mol. The van der Waals surface area contributed by atoms with Gasteiger partial charge in [-0.15, -0.1) is 0 Å². The van der Waals surface area contributed by atoms with Crippen LogP contribution in [0.3, 0.4) is 0 Å². The lowest BCUT2D eigenvalue weighted by molar-refractivity contribution is -0.143. The molecule has 0 bridgehead atoms. The predicted octanol–water partition coefficient (Wildman–Crippen LogP) is 19.2. The van der Waals surface area contributed by atoms with Crippen molar-refractivity contribution in [2.75, 3.05) is 13.2 Å². The summed E-state index contributed by atoms with van der Waals surface area (Å²) in [5.74, 6) is -0.0904. The van der Waals surface area contributed by atoms with Gasteiger partial charge in [0.25, 0.3) is 0 Å². The van der Waals surface area contributed by atoms with Crippen molar-refractivity contribution in [2.45, 2.75) is 341 Å². The highest BCUT2D eigenvalue weighted by Gasteiger charge is 2.18. The first-order valence-electron chi connectivity index (χ1n) is 30.8. The first kappa shape index (κ1) is 67.1. The fourth-order valence-corrected chi connectivity index (χ4v) is 9.39. The van der Waals surface area contributed by atoms with Gasteiger partial charge in [0.05, 0.1) is 25.4 Å². The maximum Gasteiger partial charge on any atom is 0.305 e. The van der Waals surface area contributed by atoms with Gasteiger partial charge in [-0.2, -0.15) is 0 Å². The van der Waals surface area contributed by atoms with Gasteiger partial charge in [0, 0.05) is 12.8 Å². The summed E-state index contributed by atoms with van der Waals surface area (Å²) in [5, 5.41) is 23.2. The Kier molecular flexibility index (Phi) is 57.0. The van der Waals surface area contributed by atoms with Gasteiger partial charge >= 0.3 is 5.97 Å². The molecule has 0 aliphatic rings. The lowest BCUT2D eigenvalue weighted by Crippen LogP contribution is -2.45. The first-order valence-corrected chi connectivity index (χ1v) is 30.8. The van der Waals surface area contributed by atoms with Gasteiger partial charge in [-0.25, -0.2) is 0 Å². The molecule has 0 aliphatic carbocycles. The van der Waals surface area contributed by atoms with Gasteiger partial charge in [-0.3, -0.25) is 9.59 Å². The van der Waals surface area contributed by atoms with Crippen LogP contribution in [0, 0.1) is 0 Å². The summed E-state index contributed by atoms with van der Waals surface area (Å²) < 4.78 is 5.45. The van der Waals surface area contributed by atoms with Gasteiger partial charge < -0.3 is 20.3 Å². The van der Waals surface area contributed by atoms with E-state index in [1.165, 1.54) is 244 Å². The van der Waals surface area contributed by atoms with Crippen LogP contribution in [0.2, 0.25) is 0 Å². The van der Waals surface area contributed by atoms with Crippen molar-refractivity contribution in [1.82, 2.24) is 5.32 Å². The Morgan fingerprint density at radius 2 is 0.681 bits per heavy atom. The van der Waals surface area contributed by atoms with E-state index in [1.54, 1.807) is 6.08 Å². The molecule has 0 rings (SSSR count). The standard InChI is InChI=1S/C63H119NO5/c1-3-5-7-9-11-13-15-17-18-19-20-21-22-23-24-26-29-32-35-39-43-47-51-55-61(66)60(59-65)64-62(67)56-52-48-44-40-36-33-30-27-25-28-31-34-38-42-46-50-54-58-69-63(68)57-53-49-45-41-37-16-14-12-10-8-6-4-2/h12,14,25,28,51,55,60-61,65-66H,3-11,13,15-24,26-27,29-50,52-54,56-59H2,1-2H3,(H,64,67)/b14-12-,28-25-,55-51+. The molecule has 6 heteroatoms. The quantitative estimate of drug-likeness (QED) is 0.0321. The summed E-state index contributed by atoms with van der Waals surface area (Å²) in [7, 11) is 0. The Morgan fingerprint density at radius 3 is 1.06 bits per heavy atom. The summed E-state index contributed by atoms with van der Waals surface area (Å²) in [6, 6.07) is -0.638. The van der Waals surface area contributed by atoms with E-state index in [0.717, 1.165) is 57.8 Å².